The highest BCUT2D eigenvalue weighted by atomic mass is 16.5. The maximum Gasteiger partial charge on any atom is 0.143 e. The third kappa shape index (κ3) is 2.72. The van der Waals surface area contributed by atoms with E-state index in [0.717, 1.165) is 24.4 Å². The summed E-state index contributed by atoms with van der Waals surface area (Å²) in [6, 6.07) is 6.29. The molecule has 94 valence electrons. The molecule has 0 aromatic heterocycles. The number of rotatable bonds is 3. The maximum atomic E-state index is 5.89. The van der Waals surface area contributed by atoms with Crippen LogP contribution in [0.3, 0.4) is 0 Å². The van der Waals surface area contributed by atoms with E-state index in [1.54, 1.807) is 0 Å². The molecule has 3 nitrogen and oxygen atoms in total. The summed E-state index contributed by atoms with van der Waals surface area (Å²) in [7, 11) is 0. The molecule has 1 aliphatic heterocycles. The smallest absolute Gasteiger partial charge is 0.143 e. The van der Waals surface area contributed by atoms with E-state index in [2.05, 4.69) is 43.9 Å². The Hall–Kier alpha value is -1.22. The number of nitrogens with zero attached hydrogens (tertiary/aromatic N) is 1. The molecule has 1 aromatic rings. The molecule has 17 heavy (non-hydrogen) atoms. The molecule has 1 unspecified atom stereocenters. The van der Waals surface area contributed by atoms with Crippen molar-refractivity contribution in [1.29, 1.82) is 0 Å². The average molecular weight is 234 g/mol. The highest BCUT2D eigenvalue weighted by Gasteiger charge is 2.23. The van der Waals surface area contributed by atoms with Crippen LogP contribution in [-0.2, 0) is 6.54 Å². The van der Waals surface area contributed by atoms with Crippen LogP contribution in [-0.4, -0.2) is 19.2 Å². The first-order chi connectivity index (χ1) is 8.10. The van der Waals surface area contributed by atoms with Gasteiger partial charge in [-0.1, -0.05) is 19.9 Å². The second kappa shape index (κ2) is 4.96. The summed E-state index contributed by atoms with van der Waals surface area (Å²) in [5.74, 6) is 1.63. The standard InChI is InChI=1S/C14H22N2O/c1-10(2)8-16-9-11(3)17-14-6-12(7-15)4-5-13(14)16/h4-6,10-11H,7-9,15H2,1-3H3. The average Bonchev–Trinajstić information content (AvgIpc) is 2.27. The summed E-state index contributed by atoms with van der Waals surface area (Å²) < 4.78 is 5.89. The molecule has 0 bridgehead atoms. The van der Waals surface area contributed by atoms with E-state index in [1.807, 2.05) is 0 Å². The highest BCUT2D eigenvalue weighted by molar-refractivity contribution is 5.61. The lowest BCUT2D eigenvalue weighted by Crippen LogP contribution is -2.40. The van der Waals surface area contributed by atoms with Crippen LogP contribution in [0.5, 0.6) is 5.75 Å². The summed E-state index contributed by atoms with van der Waals surface area (Å²) in [5, 5.41) is 0. The maximum absolute atomic E-state index is 5.89. The number of fused-ring (bicyclic) bond motifs is 1. The lowest BCUT2D eigenvalue weighted by Gasteiger charge is -2.36. The van der Waals surface area contributed by atoms with E-state index in [1.165, 1.54) is 5.69 Å². The third-order valence-corrected chi connectivity index (χ3v) is 2.99. The van der Waals surface area contributed by atoms with Gasteiger partial charge in [0.15, 0.2) is 0 Å². The van der Waals surface area contributed by atoms with Crippen LogP contribution >= 0.6 is 0 Å². The van der Waals surface area contributed by atoms with E-state index >= 15 is 0 Å². The summed E-state index contributed by atoms with van der Waals surface area (Å²) in [6.45, 7) is 9.21. The first kappa shape index (κ1) is 12.2. The van der Waals surface area contributed by atoms with Gasteiger partial charge in [0.25, 0.3) is 0 Å². The molecule has 1 aliphatic rings. The summed E-state index contributed by atoms with van der Waals surface area (Å²) >= 11 is 0. The third-order valence-electron chi connectivity index (χ3n) is 2.99. The van der Waals surface area contributed by atoms with E-state index in [4.69, 9.17) is 10.5 Å². The Balaban J connectivity index is 2.30. The van der Waals surface area contributed by atoms with Gasteiger partial charge in [-0.3, -0.25) is 0 Å². The Morgan fingerprint density at radius 1 is 1.47 bits per heavy atom. The van der Waals surface area contributed by atoms with Crippen LogP contribution in [0.1, 0.15) is 26.3 Å². The molecule has 0 aliphatic carbocycles. The van der Waals surface area contributed by atoms with Crippen LogP contribution in [0.15, 0.2) is 18.2 Å². The summed E-state index contributed by atoms with van der Waals surface area (Å²) in [5.41, 5.74) is 7.99. The largest absolute Gasteiger partial charge is 0.487 e. The molecule has 1 heterocycles. The van der Waals surface area contributed by atoms with Crippen LogP contribution in [0, 0.1) is 5.92 Å². The number of nitrogens with two attached hydrogens (primary N) is 1. The molecule has 0 saturated carbocycles. The van der Waals surface area contributed by atoms with Gasteiger partial charge in [-0.25, -0.2) is 0 Å². The van der Waals surface area contributed by atoms with Gasteiger partial charge in [-0.15, -0.1) is 0 Å². The van der Waals surface area contributed by atoms with Gasteiger partial charge in [0.2, 0.25) is 0 Å². The Bertz CT molecular complexity index is 390. The first-order valence-corrected chi connectivity index (χ1v) is 6.34. The molecule has 2 rings (SSSR count). The Morgan fingerprint density at radius 2 is 2.24 bits per heavy atom. The fourth-order valence-electron chi connectivity index (χ4n) is 2.32. The fourth-order valence-corrected chi connectivity index (χ4v) is 2.32. The van der Waals surface area contributed by atoms with Crippen molar-refractivity contribution in [3.8, 4) is 5.75 Å². The second-order valence-corrected chi connectivity index (χ2v) is 5.23. The molecule has 3 heteroatoms. The number of anilines is 1. The predicted octanol–water partition coefficient (Wildman–Crippen LogP) is 2.39. The van der Waals surface area contributed by atoms with E-state index < -0.39 is 0 Å². The Labute approximate surface area is 104 Å². The van der Waals surface area contributed by atoms with Gasteiger partial charge < -0.3 is 15.4 Å². The molecule has 1 atom stereocenters. The van der Waals surface area contributed by atoms with Gasteiger partial charge in [0, 0.05) is 13.1 Å². The van der Waals surface area contributed by atoms with Gasteiger partial charge in [-0.2, -0.15) is 0 Å². The van der Waals surface area contributed by atoms with E-state index in [-0.39, 0.29) is 6.10 Å². The quantitative estimate of drug-likeness (QED) is 0.872. The monoisotopic (exact) mass is 234 g/mol. The molecule has 0 saturated heterocycles. The summed E-state index contributed by atoms with van der Waals surface area (Å²) in [6.07, 6.45) is 0.245. The van der Waals surface area contributed by atoms with Gasteiger partial charge in [0.05, 0.1) is 12.2 Å². The van der Waals surface area contributed by atoms with Crippen molar-refractivity contribution in [2.75, 3.05) is 18.0 Å². The zero-order valence-corrected chi connectivity index (χ0v) is 10.9. The van der Waals surface area contributed by atoms with Crippen LogP contribution in [0.2, 0.25) is 0 Å². The number of ether oxygens (including phenoxy) is 1. The zero-order chi connectivity index (χ0) is 12.4. The number of hydrogen-bond donors (Lipinski definition) is 1. The second-order valence-electron chi connectivity index (χ2n) is 5.23. The number of benzene rings is 1. The first-order valence-electron chi connectivity index (χ1n) is 6.34. The molecule has 0 fully saturated rings. The van der Waals surface area contributed by atoms with E-state index in [0.29, 0.717) is 12.5 Å². The van der Waals surface area contributed by atoms with Crippen molar-refractivity contribution in [2.45, 2.75) is 33.4 Å². The predicted molar refractivity (Wildman–Crippen MR) is 71.5 cm³/mol. The van der Waals surface area contributed by atoms with Gasteiger partial charge in [-0.05, 0) is 30.5 Å². The van der Waals surface area contributed by atoms with Crippen molar-refractivity contribution in [3.63, 3.8) is 0 Å². The highest BCUT2D eigenvalue weighted by Crippen LogP contribution is 2.34. The molecular formula is C14H22N2O. The van der Waals surface area contributed by atoms with Crippen molar-refractivity contribution in [1.82, 2.24) is 0 Å². The zero-order valence-electron chi connectivity index (χ0n) is 10.9. The fraction of sp³-hybridized carbons (Fsp3) is 0.571. The lowest BCUT2D eigenvalue weighted by molar-refractivity contribution is 0.211. The van der Waals surface area contributed by atoms with Crippen LogP contribution in [0.25, 0.3) is 0 Å². The molecule has 2 N–H and O–H groups in total. The minimum absolute atomic E-state index is 0.245. The normalized spacial score (nSPS) is 19.1. The lowest BCUT2D eigenvalue weighted by atomic mass is 10.1. The van der Waals surface area contributed by atoms with Crippen molar-refractivity contribution in [2.24, 2.45) is 11.7 Å². The van der Waals surface area contributed by atoms with Crippen LogP contribution in [0.4, 0.5) is 5.69 Å². The summed E-state index contributed by atoms with van der Waals surface area (Å²) in [4.78, 5) is 2.41. The minimum Gasteiger partial charge on any atom is -0.487 e. The van der Waals surface area contributed by atoms with Gasteiger partial charge in [0.1, 0.15) is 11.9 Å². The number of hydrogen-bond acceptors (Lipinski definition) is 3. The molecular weight excluding hydrogens is 212 g/mol. The van der Waals surface area contributed by atoms with Gasteiger partial charge >= 0.3 is 0 Å². The van der Waals surface area contributed by atoms with E-state index in [9.17, 15) is 0 Å². The Morgan fingerprint density at radius 3 is 2.88 bits per heavy atom. The van der Waals surface area contributed by atoms with Crippen molar-refractivity contribution >= 4 is 5.69 Å². The molecule has 1 aromatic carbocycles. The molecule has 0 spiro atoms. The minimum atomic E-state index is 0.245. The topological polar surface area (TPSA) is 38.5 Å². The van der Waals surface area contributed by atoms with Crippen molar-refractivity contribution in [3.05, 3.63) is 23.8 Å². The Kier molecular flexibility index (Phi) is 3.57. The van der Waals surface area contributed by atoms with Crippen molar-refractivity contribution < 1.29 is 4.74 Å². The molecule has 0 amide bonds. The molecule has 0 radical (unpaired) electrons. The SMILES string of the molecule is CC(C)CN1CC(C)Oc2cc(CN)ccc21. The van der Waals surface area contributed by atoms with Crippen LogP contribution < -0.4 is 15.4 Å².